The van der Waals surface area contributed by atoms with Crippen LogP contribution >= 0.6 is 0 Å². The number of carbonyl (C=O) groups excluding carboxylic acids is 1. The van der Waals surface area contributed by atoms with Crippen LogP contribution in [0.2, 0.25) is 0 Å². The van der Waals surface area contributed by atoms with Gasteiger partial charge in [-0.05, 0) is 26.0 Å². The van der Waals surface area contributed by atoms with E-state index >= 15 is 0 Å². The number of benzene rings is 1. The third kappa shape index (κ3) is 6.00. The summed E-state index contributed by atoms with van der Waals surface area (Å²) in [5, 5.41) is 10.8. The van der Waals surface area contributed by atoms with Crippen LogP contribution in [0.15, 0.2) is 23.3 Å². The average molecular weight is 312 g/mol. The van der Waals surface area contributed by atoms with Crippen molar-refractivity contribution in [2.24, 2.45) is 5.10 Å². The van der Waals surface area contributed by atoms with E-state index in [-0.39, 0.29) is 63.3 Å². The summed E-state index contributed by atoms with van der Waals surface area (Å²) in [6.45, 7) is 10.3. The van der Waals surface area contributed by atoms with Crippen LogP contribution in [0.1, 0.15) is 29.8 Å². The van der Waals surface area contributed by atoms with Crippen molar-refractivity contribution in [2.75, 3.05) is 12.0 Å². The first kappa shape index (κ1) is 20.5. The Morgan fingerprint density at radius 3 is 2.76 bits per heavy atom. The molecule has 0 aliphatic rings. The maximum absolute atomic E-state index is 12.6. The smallest absolute Gasteiger partial charge is 0.366 e. The Morgan fingerprint density at radius 1 is 1.57 bits per heavy atom. The summed E-state index contributed by atoms with van der Waals surface area (Å²) < 4.78 is 0. The zero-order chi connectivity index (χ0) is 15.1. The number of hydrogen-bond donors (Lipinski definition) is 2. The first-order valence-corrected chi connectivity index (χ1v) is 6.54. The zero-order valence-corrected chi connectivity index (χ0v) is 16.3. The fourth-order valence-corrected chi connectivity index (χ4v) is 1.89. The summed E-state index contributed by atoms with van der Waals surface area (Å²) in [4.78, 5) is 14.3. The minimum absolute atomic E-state index is 0. The standard InChI is InChI=1S/C15H21N4O.K/c1-5-19(11(2)3)15(20)13-10-12(4)6-7-14(13)18-17-9-8-16;/h6-11,16,18H,2,5H2,1,3-4H3;/q-1;+1/b16-8?,17-9-;. The van der Waals surface area contributed by atoms with Gasteiger partial charge in [0, 0.05) is 12.8 Å². The molecule has 0 saturated heterocycles. The molecule has 1 rings (SSSR count). The van der Waals surface area contributed by atoms with Crippen molar-refractivity contribution in [3.05, 3.63) is 36.2 Å². The molecular weight excluding hydrogens is 291 g/mol. The van der Waals surface area contributed by atoms with Gasteiger partial charge in [-0.3, -0.25) is 10.2 Å². The molecule has 0 aromatic heterocycles. The summed E-state index contributed by atoms with van der Waals surface area (Å²) >= 11 is 0. The Labute approximate surface area is 169 Å². The molecule has 21 heavy (non-hydrogen) atoms. The molecule has 0 aliphatic heterocycles. The maximum atomic E-state index is 12.6. The zero-order valence-electron chi connectivity index (χ0n) is 13.2. The van der Waals surface area contributed by atoms with Gasteiger partial charge >= 0.3 is 51.4 Å². The Kier molecular flexibility index (Phi) is 9.98. The topological polar surface area (TPSA) is 68.6 Å². The molecule has 108 valence electrons. The monoisotopic (exact) mass is 312 g/mol. The predicted octanol–water partition coefficient (Wildman–Crippen LogP) is -0.269. The van der Waals surface area contributed by atoms with Gasteiger partial charge in [-0.1, -0.05) is 24.6 Å². The number of hydrazone groups is 1. The molecule has 1 aromatic carbocycles. The van der Waals surface area contributed by atoms with Crippen molar-refractivity contribution >= 4 is 24.0 Å². The molecule has 0 saturated carbocycles. The molecule has 0 fully saturated rings. The van der Waals surface area contributed by atoms with E-state index in [1.807, 2.05) is 39.0 Å². The molecule has 0 spiro atoms. The number of carbonyl (C=O) groups is 1. The second-order valence-corrected chi connectivity index (χ2v) is 4.55. The Bertz CT molecular complexity index is 514. The summed E-state index contributed by atoms with van der Waals surface area (Å²) in [5.41, 5.74) is 4.98. The van der Waals surface area contributed by atoms with Crippen LogP contribution in [0.3, 0.4) is 0 Å². The van der Waals surface area contributed by atoms with E-state index in [4.69, 9.17) is 5.41 Å². The van der Waals surface area contributed by atoms with Gasteiger partial charge in [0.25, 0.3) is 5.91 Å². The fourth-order valence-electron chi connectivity index (χ4n) is 1.89. The molecule has 1 unspecified atom stereocenters. The van der Waals surface area contributed by atoms with E-state index in [1.54, 1.807) is 4.90 Å². The van der Waals surface area contributed by atoms with Gasteiger partial charge in [0.15, 0.2) is 0 Å². The number of nitrogens with zero attached hydrogens (tertiary/aromatic N) is 2. The number of anilines is 1. The van der Waals surface area contributed by atoms with Gasteiger partial charge in [0.1, 0.15) is 0 Å². The summed E-state index contributed by atoms with van der Waals surface area (Å²) in [6.07, 6.45) is 2.38. The van der Waals surface area contributed by atoms with E-state index in [9.17, 15) is 4.79 Å². The van der Waals surface area contributed by atoms with Crippen LogP contribution in [0.5, 0.6) is 0 Å². The van der Waals surface area contributed by atoms with Crippen LogP contribution in [-0.4, -0.2) is 35.8 Å². The molecule has 5 nitrogen and oxygen atoms in total. The Balaban J connectivity index is 0.00000400. The van der Waals surface area contributed by atoms with Gasteiger partial charge in [-0.15, -0.1) is 0 Å². The minimum Gasteiger partial charge on any atom is -0.366 e. The van der Waals surface area contributed by atoms with Crippen LogP contribution in [0.4, 0.5) is 5.69 Å². The Morgan fingerprint density at radius 2 is 2.24 bits per heavy atom. The second kappa shape index (κ2) is 10.2. The molecule has 1 atom stereocenters. The van der Waals surface area contributed by atoms with E-state index in [1.165, 1.54) is 6.21 Å². The number of rotatable bonds is 6. The van der Waals surface area contributed by atoms with Crippen molar-refractivity contribution in [2.45, 2.75) is 26.8 Å². The van der Waals surface area contributed by atoms with E-state index in [0.717, 1.165) is 11.8 Å². The first-order valence-electron chi connectivity index (χ1n) is 6.54. The number of aryl methyl sites for hydroxylation is 1. The SMILES string of the molecule is [CH2-]C(C)N(CC)C(=O)c1cc(C)ccc1N/N=C\C=N.[K+]. The molecule has 0 aliphatic carbocycles. The quantitative estimate of drug-likeness (QED) is 0.329. The number of amides is 1. The van der Waals surface area contributed by atoms with E-state index in [2.05, 4.69) is 17.5 Å². The third-order valence-electron chi connectivity index (χ3n) is 2.87. The van der Waals surface area contributed by atoms with Gasteiger partial charge in [0.2, 0.25) is 0 Å². The van der Waals surface area contributed by atoms with Crippen molar-refractivity contribution in [3.8, 4) is 0 Å². The first-order chi connectivity index (χ1) is 9.51. The molecule has 2 N–H and O–H groups in total. The third-order valence-corrected chi connectivity index (χ3v) is 2.87. The molecule has 0 radical (unpaired) electrons. The van der Waals surface area contributed by atoms with Gasteiger partial charge in [-0.2, -0.15) is 5.10 Å². The van der Waals surface area contributed by atoms with Crippen LogP contribution < -0.4 is 56.8 Å². The van der Waals surface area contributed by atoms with Crippen molar-refractivity contribution < 1.29 is 56.2 Å². The molecular formula is C15H21KN4O. The maximum Gasteiger partial charge on any atom is 1.00 e. The molecule has 0 heterocycles. The number of nitrogens with one attached hydrogen (secondary N) is 2. The van der Waals surface area contributed by atoms with Crippen molar-refractivity contribution in [1.82, 2.24) is 4.90 Å². The molecule has 6 heteroatoms. The molecule has 1 amide bonds. The minimum atomic E-state index is -0.106. The van der Waals surface area contributed by atoms with Crippen LogP contribution in [0, 0.1) is 19.3 Å². The summed E-state index contributed by atoms with van der Waals surface area (Å²) in [7, 11) is 0. The van der Waals surface area contributed by atoms with Gasteiger partial charge in [0.05, 0.1) is 17.5 Å². The van der Waals surface area contributed by atoms with Crippen molar-refractivity contribution in [1.29, 1.82) is 5.41 Å². The number of hydrogen-bond acceptors (Lipinski definition) is 4. The molecule has 0 bridgehead atoms. The van der Waals surface area contributed by atoms with Crippen molar-refractivity contribution in [3.63, 3.8) is 0 Å². The summed E-state index contributed by atoms with van der Waals surface area (Å²) in [6, 6.07) is 5.44. The largest absolute Gasteiger partial charge is 1.00 e. The normalized spacial score (nSPS) is 11.6. The molecule has 1 aromatic rings. The van der Waals surface area contributed by atoms with Gasteiger partial charge < -0.3 is 17.2 Å². The summed E-state index contributed by atoms with van der Waals surface area (Å²) in [5.74, 6) is -0.0775. The average Bonchev–Trinajstić information content (AvgIpc) is 2.40. The Hall–Kier alpha value is -0.534. The van der Waals surface area contributed by atoms with Crippen LogP contribution in [0.25, 0.3) is 0 Å². The van der Waals surface area contributed by atoms with E-state index < -0.39 is 0 Å². The second-order valence-electron chi connectivity index (χ2n) is 4.55. The fraction of sp³-hybridized carbons (Fsp3) is 0.333. The predicted molar refractivity (Wildman–Crippen MR) is 83.6 cm³/mol. The van der Waals surface area contributed by atoms with Crippen LogP contribution in [-0.2, 0) is 0 Å². The van der Waals surface area contributed by atoms with Gasteiger partial charge in [-0.25, -0.2) is 0 Å². The van der Waals surface area contributed by atoms with E-state index in [0.29, 0.717) is 17.8 Å².